The van der Waals surface area contributed by atoms with Gasteiger partial charge in [-0.2, -0.15) is 0 Å². The third-order valence-corrected chi connectivity index (χ3v) is 5.21. The second kappa shape index (κ2) is 10.1. The highest BCUT2D eigenvalue weighted by atomic mass is 16.3. The lowest BCUT2D eigenvalue weighted by Crippen LogP contribution is -2.43. The molecule has 1 fully saturated rings. The Morgan fingerprint density at radius 1 is 1.26 bits per heavy atom. The first kappa shape index (κ1) is 21.7. The average Bonchev–Trinajstić information content (AvgIpc) is 2.63. The van der Waals surface area contributed by atoms with Gasteiger partial charge >= 0.3 is 0 Å². The maximum absolute atomic E-state index is 10.5. The highest BCUT2D eigenvalue weighted by Gasteiger charge is 2.18. The minimum atomic E-state index is -0.588. The number of aliphatic hydroxyl groups excluding tert-OH is 1. The van der Waals surface area contributed by atoms with Gasteiger partial charge in [0.25, 0.3) is 0 Å². The van der Waals surface area contributed by atoms with Crippen molar-refractivity contribution in [3.8, 4) is 0 Å². The van der Waals surface area contributed by atoms with E-state index in [1.165, 1.54) is 24.9 Å². The standard InChI is InChI=1S/C22H38N4O/c1-6-23-21(24-14-17-8-7-13-26(5)16-17)25-15-20(27)18-9-11-19(12-10-18)22(2,3)4/h9-12,17,20,27H,6-8,13-16H2,1-5H3,(H2,23,24,25). The van der Waals surface area contributed by atoms with Gasteiger partial charge in [0.1, 0.15) is 0 Å². The van der Waals surface area contributed by atoms with Crippen LogP contribution in [0.25, 0.3) is 0 Å². The Balaban J connectivity index is 1.90. The van der Waals surface area contributed by atoms with E-state index in [-0.39, 0.29) is 5.41 Å². The molecule has 3 N–H and O–H groups in total. The molecule has 2 rings (SSSR count). The summed E-state index contributed by atoms with van der Waals surface area (Å²) in [7, 11) is 2.19. The smallest absolute Gasteiger partial charge is 0.191 e. The van der Waals surface area contributed by atoms with Crippen LogP contribution in [-0.2, 0) is 5.41 Å². The number of hydrogen-bond donors (Lipinski definition) is 3. The number of rotatable bonds is 6. The highest BCUT2D eigenvalue weighted by molar-refractivity contribution is 5.79. The third-order valence-electron chi connectivity index (χ3n) is 5.21. The predicted octanol–water partition coefficient (Wildman–Crippen LogP) is 2.91. The van der Waals surface area contributed by atoms with Crippen LogP contribution >= 0.6 is 0 Å². The summed E-state index contributed by atoms with van der Waals surface area (Å²) in [6.45, 7) is 13.1. The van der Waals surface area contributed by atoms with Crippen molar-refractivity contribution in [2.45, 2.75) is 52.1 Å². The van der Waals surface area contributed by atoms with Gasteiger partial charge in [-0.3, -0.25) is 4.99 Å². The minimum Gasteiger partial charge on any atom is -0.386 e. The normalized spacial score (nSPS) is 20.4. The Morgan fingerprint density at radius 2 is 1.96 bits per heavy atom. The Morgan fingerprint density at radius 3 is 2.56 bits per heavy atom. The lowest BCUT2D eigenvalue weighted by Gasteiger charge is -2.30. The van der Waals surface area contributed by atoms with E-state index in [0.29, 0.717) is 12.5 Å². The van der Waals surface area contributed by atoms with Crippen molar-refractivity contribution in [3.05, 3.63) is 35.4 Å². The number of hydrogen-bond acceptors (Lipinski definition) is 3. The van der Waals surface area contributed by atoms with Crippen LogP contribution in [0.5, 0.6) is 0 Å². The fourth-order valence-corrected chi connectivity index (χ4v) is 3.51. The number of guanidine groups is 1. The molecule has 2 atom stereocenters. The van der Waals surface area contributed by atoms with E-state index in [1.54, 1.807) is 0 Å². The van der Waals surface area contributed by atoms with Crippen LogP contribution in [0.2, 0.25) is 0 Å². The number of aliphatic hydroxyl groups is 1. The molecule has 0 spiro atoms. The maximum atomic E-state index is 10.5. The minimum absolute atomic E-state index is 0.122. The number of nitrogens with zero attached hydrogens (tertiary/aromatic N) is 2. The largest absolute Gasteiger partial charge is 0.386 e. The molecule has 2 unspecified atom stereocenters. The molecule has 1 aromatic rings. The zero-order valence-electron chi connectivity index (χ0n) is 17.8. The number of likely N-dealkylation sites (tertiary alicyclic amines) is 1. The summed E-state index contributed by atoms with van der Waals surface area (Å²) in [6, 6.07) is 8.23. The molecule has 5 heteroatoms. The number of piperidine rings is 1. The van der Waals surface area contributed by atoms with E-state index in [0.717, 1.165) is 31.2 Å². The summed E-state index contributed by atoms with van der Waals surface area (Å²) < 4.78 is 0. The number of benzene rings is 1. The van der Waals surface area contributed by atoms with Crippen LogP contribution < -0.4 is 10.6 Å². The zero-order chi connectivity index (χ0) is 19.9. The van der Waals surface area contributed by atoms with E-state index in [1.807, 2.05) is 12.1 Å². The van der Waals surface area contributed by atoms with E-state index in [2.05, 4.69) is 67.4 Å². The van der Waals surface area contributed by atoms with Gasteiger partial charge in [0, 0.05) is 19.6 Å². The number of aliphatic imine (C=N–C) groups is 1. The van der Waals surface area contributed by atoms with Crippen molar-refractivity contribution in [2.24, 2.45) is 10.9 Å². The van der Waals surface area contributed by atoms with Crippen LogP contribution in [0.4, 0.5) is 0 Å². The third kappa shape index (κ3) is 7.15. The van der Waals surface area contributed by atoms with Crippen molar-refractivity contribution in [2.75, 3.05) is 39.8 Å². The molecule has 0 aliphatic carbocycles. The first-order chi connectivity index (χ1) is 12.8. The SMILES string of the molecule is CCNC(=NCC(O)c1ccc(C(C)(C)C)cc1)NCC1CCCN(C)C1. The van der Waals surface area contributed by atoms with Crippen LogP contribution in [-0.4, -0.2) is 55.7 Å². The van der Waals surface area contributed by atoms with Gasteiger partial charge in [0.2, 0.25) is 0 Å². The van der Waals surface area contributed by atoms with Gasteiger partial charge in [-0.05, 0) is 55.8 Å². The first-order valence-electron chi connectivity index (χ1n) is 10.3. The molecule has 0 bridgehead atoms. The molecule has 1 aromatic carbocycles. The average molecular weight is 375 g/mol. The van der Waals surface area contributed by atoms with Gasteiger partial charge in [-0.15, -0.1) is 0 Å². The summed E-state index contributed by atoms with van der Waals surface area (Å²) >= 11 is 0. The van der Waals surface area contributed by atoms with Gasteiger partial charge in [-0.1, -0.05) is 45.0 Å². The van der Waals surface area contributed by atoms with Crippen LogP contribution in [0.1, 0.15) is 57.8 Å². The molecule has 0 aromatic heterocycles. The van der Waals surface area contributed by atoms with Crippen molar-refractivity contribution >= 4 is 5.96 Å². The Kier molecular flexibility index (Phi) is 8.11. The van der Waals surface area contributed by atoms with E-state index < -0.39 is 6.10 Å². The van der Waals surface area contributed by atoms with E-state index >= 15 is 0 Å². The van der Waals surface area contributed by atoms with Crippen LogP contribution in [0.3, 0.4) is 0 Å². The molecule has 0 amide bonds. The molecular weight excluding hydrogens is 336 g/mol. The summed E-state index contributed by atoms with van der Waals surface area (Å²) in [5.74, 6) is 1.44. The summed E-state index contributed by atoms with van der Waals surface area (Å²) in [5, 5.41) is 17.2. The Bertz CT molecular complexity index is 591. The van der Waals surface area contributed by atoms with Gasteiger partial charge < -0.3 is 20.6 Å². The maximum Gasteiger partial charge on any atom is 0.191 e. The summed E-state index contributed by atoms with van der Waals surface area (Å²) in [6.07, 6.45) is 1.94. The zero-order valence-corrected chi connectivity index (χ0v) is 17.8. The Labute approximate surface area is 165 Å². The molecule has 1 saturated heterocycles. The van der Waals surface area contributed by atoms with Crippen molar-refractivity contribution in [1.29, 1.82) is 0 Å². The lowest BCUT2D eigenvalue weighted by atomic mass is 9.86. The van der Waals surface area contributed by atoms with Crippen molar-refractivity contribution < 1.29 is 5.11 Å². The molecule has 0 radical (unpaired) electrons. The van der Waals surface area contributed by atoms with Crippen LogP contribution in [0.15, 0.2) is 29.3 Å². The van der Waals surface area contributed by atoms with Gasteiger partial charge in [0.15, 0.2) is 5.96 Å². The first-order valence-corrected chi connectivity index (χ1v) is 10.3. The summed E-state index contributed by atoms with van der Waals surface area (Å²) in [4.78, 5) is 6.99. The lowest BCUT2D eigenvalue weighted by molar-refractivity contribution is 0.187. The second-order valence-corrected chi connectivity index (χ2v) is 8.76. The molecule has 27 heavy (non-hydrogen) atoms. The Hall–Kier alpha value is -1.59. The van der Waals surface area contributed by atoms with Crippen LogP contribution in [0, 0.1) is 5.92 Å². The van der Waals surface area contributed by atoms with E-state index in [4.69, 9.17) is 0 Å². The topological polar surface area (TPSA) is 59.9 Å². The summed E-state index contributed by atoms with van der Waals surface area (Å²) in [5.41, 5.74) is 2.31. The molecule has 152 valence electrons. The van der Waals surface area contributed by atoms with Crippen molar-refractivity contribution in [1.82, 2.24) is 15.5 Å². The number of nitrogens with one attached hydrogen (secondary N) is 2. The van der Waals surface area contributed by atoms with E-state index in [9.17, 15) is 5.11 Å². The molecule has 5 nitrogen and oxygen atoms in total. The van der Waals surface area contributed by atoms with Gasteiger partial charge in [0.05, 0.1) is 12.6 Å². The van der Waals surface area contributed by atoms with Gasteiger partial charge in [-0.25, -0.2) is 0 Å². The fourth-order valence-electron chi connectivity index (χ4n) is 3.51. The molecule has 1 aliphatic rings. The molecular formula is C22H38N4O. The second-order valence-electron chi connectivity index (χ2n) is 8.76. The molecule has 1 heterocycles. The quantitative estimate of drug-likeness (QED) is 0.529. The predicted molar refractivity (Wildman–Crippen MR) is 114 cm³/mol. The monoisotopic (exact) mass is 374 g/mol. The van der Waals surface area contributed by atoms with Crippen molar-refractivity contribution in [3.63, 3.8) is 0 Å². The molecule has 0 saturated carbocycles. The fraction of sp³-hybridized carbons (Fsp3) is 0.682. The highest BCUT2D eigenvalue weighted by Crippen LogP contribution is 2.24. The molecule has 1 aliphatic heterocycles.